The van der Waals surface area contributed by atoms with Crippen molar-refractivity contribution in [2.45, 2.75) is 57.4 Å². The number of para-hydroxylation sites is 1. The van der Waals surface area contributed by atoms with Crippen LogP contribution in [-0.2, 0) is 27.0 Å². The maximum absolute atomic E-state index is 15.2. The minimum atomic E-state index is -2.73. The lowest BCUT2D eigenvalue weighted by molar-refractivity contribution is -0.134. The third-order valence-corrected chi connectivity index (χ3v) is 14.7. The van der Waals surface area contributed by atoms with E-state index in [1.54, 1.807) is 32.8 Å². The maximum atomic E-state index is 15.2. The molecule has 3 aliphatic heterocycles. The Morgan fingerprint density at radius 2 is 1.66 bits per heavy atom. The molecule has 3 saturated heterocycles. The van der Waals surface area contributed by atoms with Gasteiger partial charge in [-0.05, 0) is 90.7 Å². The summed E-state index contributed by atoms with van der Waals surface area (Å²) in [6, 6.07) is 13.2. The molecule has 0 aliphatic carbocycles. The summed E-state index contributed by atoms with van der Waals surface area (Å²) in [5, 5.41) is 10.3. The first-order valence-corrected chi connectivity index (χ1v) is 25.0. The predicted octanol–water partition coefficient (Wildman–Crippen LogP) is 7.86. The van der Waals surface area contributed by atoms with E-state index in [1.807, 2.05) is 24.3 Å². The van der Waals surface area contributed by atoms with Crippen LogP contribution in [0.25, 0.3) is 10.9 Å². The highest BCUT2D eigenvalue weighted by atomic mass is 79.9. The van der Waals surface area contributed by atoms with Crippen LogP contribution in [0.2, 0.25) is 0 Å². The number of imide groups is 1. The fraction of sp³-hybridized carbons (Fsp3) is 0.413. The molecular formula is C46H52BrF3N9O4P. The number of fused-ring (bicyclic) bond motifs is 1. The van der Waals surface area contributed by atoms with Gasteiger partial charge in [-0.3, -0.25) is 24.8 Å². The van der Waals surface area contributed by atoms with Gasteiger partial charge in [0.2, 0.25) is 17.8 Å². The minimum Gasteiger partial charge on any atom is -0.494 e. The van der Waals surface area contributed by atoms with Gasteiger partial charge < -0.3 is 29.7 Å². The second-order valence-corrected chi connectivity index (χ2v) is 21.0. The molecule has 0 saturated carbocycles. The molecule has 3 aromatic carbocycles. The van der Waals surface area contributed by atoms with Crippen LogP contribution >= 0.6 is 23.1 Å². The molecule has 2 aromatic heterocycles. The van der Waals surface area contributed by atoms with Gasteiger partial charge in [0, 0.05) is 92.5 Å². The van der Waals surface area contributed by atoms with Crippen LogP contribution in [-0.4, -0.2) is 109 Å². The van der Waals surface area contributed by atoms with Crippen LogP contribution in [0.4, 0.5) is 42.0 Å². The van der Waals surface area contributed by atoms with E-state index in [0.29, 0.717) is 45.6 Å². The number of amides is 2. The standard InChI is InChI=1S/C46H52BrF3N9O4P/c1-5-27-23-35(54-46-52-25-32(47)44(56-46)53-36-26-51-34-9-7-6-8-30(34)43(36)64(3,4)62)38(63-2)24-37(27)59-16-13-29(14-17-59)58-20-18-57(19-21-58)15-12-28-22-33(48)40(42(50)41(28)49)31-10-11-39(60)55-45(31)61/h6-9,22-26,29,31H,5,10-21H2,1-4H3,(H,55,60,61)(H2,52,53,54,56). The highest BCUT2D eigenvalue weighted by molar-refractivity contribution is 9.10. The molecule has 3 N–H and O–H groups in total. The summed E-state index contributed by atoms with van der Waals surface area (Å²) in [5.41, 5.74) is 3.71. The van der Waals surface area contributed by atoms with Gasteiger partial charge in [-0.25, -0.2) is 18.2 Å². The molecule has 2 amide bonds. The second kappa shape index (κ2) is 19.2. The zero-order chi connectivity index (χ0) is 45.3. The molecule has 0 radical (unpaired) electrons. The lowest BCUT2D eigenvalue weighted by Gasteiger charge is -2.43. The molecule has 3 aliphatic rings. The number of carbonyl (C=O) groups is 2. The van der Waals surface area contributed by atoms with Gasteiger partial charge in [0.05, 0.1) is 40.6 Å². The number of anilines is 5. The molecule has 3 fully saturated rings. The van der Waals surface area contributed by atoms with Crippen molar-refractivity contribution in [2.24, 2.45) is 0 Å². The lowest BCUT2D eigenvalue weighted by atomic mass is 9.88. The number of benzene rings is 3. The van der Waals surface area contributed by atoms with Crippen LogP contribution in [0.1, 0.15) is 55.2 Å². The van der Waals surface area contributed by atoms with Crippen LogP contribution < -0.4 is 30.9 Å². The Labute approximate surface area is 379 Å². The van der Waals surface area contributed by atoms with Crippen molar-refractivity contribution in [2.75, 3.05) is 81.8 Å². The topological polar surface area (TPSA) is 145 Å². The third kappa shape index (κ3) is 9.63. The quantitative estimate of drug-likeness (QED) is 0.0601. The van der Waals surface area contributed by atoms with Crippen LogP contribution in [0, 0.1) is 17.5 Å². The Bertz CT molecular complexity index is 2640. The number of halogens is 4. The van der Waals surface area contributed by atoms with Gasteiger partial charge in [-0.2, -0.15) is 4.98 Å². The monoisotopic (exact) mass is 961 g/mol. The summed E-state index contributed by atoms with van der Waals surface area (Å²) < 4.78 is 65.5. The molecule has 0 spiro atoms. The number of hydrogen-bond donors (Lipinski definition) is 3. The minimum absolute atomic E-state index is 0.0590. The van der Waals surface area contributed by atoms with Crippen molar-refractivity contribution in [1.82, 2.24) is 30.1 Å². The number of nitrogens with one attached hydrogen (secondary N) is 3. The van der Waals surface area contributed by atoms with Crippen molar-refractivity contribution in [1.29, 1.82) is 0 Å². The summed E-state index contributed by atoms with van der Waals surface area (Å²) in [4.78, 5) is 44.8. The molecule has 13 nitrogen and oxygen atoms in total. The average Bonchev–Trinajstić information content (AvgIpc) is 3.28. The van der Waals surface area contributed by atoms with E-state index in [-0.39, 0.29) is 24.8 Å². The molecule has 18 heteroatoms. The van der Waals surface area contributed by atoms with E-state index >= 15 is 13.2 Å². The number of aryl methyl sites for hydroxylation is 1. The molecule has 64 heavy (non-hydrogen) atoms. The number of piperazine rings is 1. The zero-order valence-electron chi connectivity index (χ0n) is 36.3. The Hall–Kier alpha value is -5.09. The Balaban J connectivity index is 0.874. The van der Waals surface area contributed by atoms with E-state index in [4.69, 9.17) is 9.72 Å². The molecule has 8 rings (SSSR count). The molecule has 338 valence electrons. The maximum Gasteiger partial charge on any atom is 0.234 e. The zero-order valence-corrected chi connectivity index (χ0v) is 38.8. The van der Waals surface area contributed by atoms with Gasteiger partial charge in [0.25, 0.3) is 0 Å². The molecule has 1 atom stereocenters. The number of carbonyl (C=O) groups excluding carboxylic acids is 2. The Morgan fingerprint density at radius 1 is 0.906 bits per heavy atom. The van der Waals surface area contributed by atoms with Crippen molar-refractivity contribution >= 4 is 79.9 Å². The fourth-order valence-corrected chi connectivity index (χ4v) is 11.0. The number of piperidine rings is 2. The van der Waals surface area contributed by atoms with Crippen LogP contribution in [0.5, 0.6) is 5.75 Å². The number of methoxy groups -OCH3 is 1. The SMILES string of the molecule is CCc1cc(Nc2ncc(Br)c(Nc3cnc4ccccc4c3P(C)(C)=O)n2)c(OC)cc1N1CCC(N2CCN(CCc3cc(F)c(C4CCC(=O)NC4=O)c(F)c3F)CC2)CC1. The fourth-order valence-electron chi connectivity index (χ4n) is 9.25. The average molecular weight is 963 g/mol. The summed E-state index contributed by atoms with van der Waals surface area (Å²) in [6.07, 6.45) is 6.12. The first kappa shape index (κ1) is 45.5. The van der Waals surface area contributed by atoms with Crippen molar-refractivity contribution in [3.8, 4) is 5.75 Å². The largest absolute Gasteiger partial charge is 0.494 e. The predicted molar refractivity (Wildman–Crippen MR) is 248 cm³/mol. The molecule has 5 heterocycles. The van der Waals surface area contributed by atoms with E-state index in [1.165, 1.54) is 0 Å². The highest BCUT2D eigenvalue weighted by Gasteiger charge is 2.35. The number of hydrogen-bond acceptors (Lipinski definition) is 12. The summed E-state index contributed by atoms with van der Waals surface area (Å²) in [6.45, 7) is 11.0. The second-order valence-electron chi connectivity index (χ2n) is 17.0. The van der Waals surface area contributed by atoms with Crippen molar-refractivity contribution in [3.05, 3.63) is 93.5 Å². The molecule has 5 aromatic rings. The number of nitrogens with zero attached hydrogens (tertiary/aromatic N) is 6. The number of pyridine rings is 1. The van der Waals surface area contributed by atoms with Gasteiger partial charge >= 0.3 is 0 Å². The number of rotatable bonds is 13. The molecular weight excluding hydrogens is 910 g/mol. The lowest BCUT2D eigenvalue weighted by Crippen LogP contribution is -2.53. The van der Waals surface area contributed by atoms with E-state index in [9.17, 15) is 14.2 Å². The van der Waals surface area contributed by atoms with Gasteiger partial charge in [0.15, 0.2) is 11.6 Å². The van der Waals surface area contributed by atoms with Crippen molar-refractivity contribution < 1.29 is 32.1 Å². The third-order valence-electron chi connectivity index (χ3n) is 12.6. The van der Waals surface area contributed by atoms with Crippen LogP contribution in [0.15, 0.2) is 59.3 Å². The van der Waals surface area contributed by atoms with E-state index in [0.717, 1.165) is 92.4 Å². The summed E-state index contributed by atoms with van der Waals surface area (Å²) in [5.74, 6) is -4.53. The van der Waals surface area contributed by atoms with Gasteiger partial charge in [0.1, 0.15) is 24.5 Å². The highest BCUT2D eigenvalue weighted by Crippen LogP contribution is 2.42. The molecule has 0 bridgehead atoms. The number of aromatic nitrogens is 3. The summed E-state index contributed by atoms with van der Waals surface area (Å²) in [7, 11) is -1.09. The van der Waals surface area contributed by atoms with Crippen molar-refractivity contribution in [3.63, 3.8) is 0 Å². The number of ether oxygens (including phenoxy) is 1. The normalized spacial score (nSPS) is 18.1. The first-order valence-electron chi connectivity index (χ1n) is 21.6. The smallest absolute Gasteiger partial charge is 0.234 e. The Kier molecular flexibility index (Phi) is 13.6. The van der Waals surface area contributed by atoms with Gasteiger partial charge in [-0.1, -0.05) is 25.1 Å². The Morgan fingerprint density at radius 3 is 2.36 bits per heavy atom. The van der Waals surface area contributed by atoms with E-state index < -0.39 is 47.9 Å². The van der Waals surface area contributed by atoms with Crippen LogP contribution in [0.3, 0.4) is 0 Å². The van der Waals surface area contributed by atoms with E-state index in [2.05, 4.69) is 75.6 Å². The summed E-state index contributed by atoms with van der Waals surface area (Å²) >= 11 is 3.58. The first-order chi connectivity index (χ1) is 30.7. The van der Waals surface area contributed by atoms with Gasteiger partial charge in [-0.15, -0.1) is 0 Å². The molecule has 1 unspecified atom stereocenters.